The van der Waals surface area contributed by atoms with E-state index in [-0.39, 0.29) is 18.5 Å². The van der Waals surface area contributed by atoms with Crippen LogP contribution in [0.1, 0.15) is 48.1 Å². The van der Waals surface area contributed by atoms with Gasteiger partial charge in [-0.3, -0.25) is 9.59 Å². The van der Waals surface area contributed by atoms with Gasteiger partial charge in [-0.2, -0.15) is 35.3 Å². The first-order valence-electron chi connectivity index (χ1n) is 13.4. The summed E-state index contributed by atoms with van der Waals surface area (Å²) in [6.07, 6.45) is 0.215. The number of esters is 1. The van der Waals surface area contributed by atoms with Gasteiger partial charge < -0.3 is 15.4 Å². The molecule has 0 fully saturated rings. The van der Waals surface area contributed by atoms with Crippen molar-refractivity contribution < 1.29 is 24.2 Å². The number of carbonyl (C=O) groups excluding carboxylic acids is 1. The van der Waals surface area contributed by atoms with Gasteiger partial charge in [0, 0.05) is 29.6 Å². The molecule has 0 unspecified atom stereocenters. The SMILES string of the molecule is CC#N.O=C(CCS)OC1c2ccccc2-c2ccccc21.O=C(O)CCS.[N-]=[N+]=C1c2ccccc2-c2ccccc21. The van der Waals surface area contributed by atoms with E-state index < -0.39 is 5.97 Å². The van der Waals surface area contributed by atoms with Crippen molar-refractivity contribution in [3.63, 3.8) is 0 Å². The van der Waals surface area contributed by atoms with Crippen molar-refractivity contribution in [1.29, 1.82) is 5.26 Å². The van der Waals surface area contributed by atoms with Crippen LogP contribution in [0.25, 0.3) is 27.8 Å². The number of ether oxygens (including phenoxy) is 1. The molecule has 2 aliphatic carbocycles. The van der Waals surface area contributed by atoms with E-state index in [1.54, 1.807) is 6.07 Å². The molecule has 0 radical (unpaired) electrons. The maximum Gasteiger partial charge on any atom is 0.330 e. The van der Waals surface area contributed by atoms with Crippen molar-refractivity contribution in [1.82, 2.24) is 0 Å². The van der Waals surface area contributed by atoms with Crippen LogP contribution >= 0.6 is 25.3 Å². The summed E-state index contributed by atoms with van der Waals surface area (Å²) in [6, 6.07) is 33.9. The minimum Gasteiger partial charge on any atom is -0.481 e. The van der Waals surface area contributed by atoms with E-state index in [2.05, 4.69) is 42.2 Å². The second-order valence-electron chi connectivity index (χ2n) is 9.15. The highest BCUT2D eigenvalue weighted by atomic mass is 32.1. The van der Waals surface area contributed by atoms with E-state index in [1.807, 2.05) is 84.9 Å². The molecule has 9 heteroatoms. The molecule has 0 amide bonds. The zero-order chi connectivity index (χ0) is 31.2. The molecule has 218 valence electrons. The molecule has 0 spiro atoms. The molecule has 0 aliphatic heterocycles. The zero-order valence-corrected chi connectivity index (χ0v) is 25.3. The molecule has 0 heterocycles. The van der Waals surface area contributed by atoms with Gasteiger partial charge in [0.2, 0.25) is 0 Å². The third-order valence-electron chi connectivity index (χ3n) is 6.42. The number of benzene rings is 4. The van der Waals surface area contributed by atoms with Crippen LogP contribution in [0.15, 0.2) is 97.1 Å². The van der Waals surface area contributed by atoms with Crippen LogP contribution in [0.3, 0.4) is 0 Å². The lowest BCUT2D eigenvalue weighted by molar-refractivity contribution is -0.146. The number of hydrogen-bond acceptors (Lipinski definition) is 6. The molecule has 7 nitrogen and oxygen atoms in total. The average Bonchev–Trinajstić information content (AvgIpc) is 3.51. The number of aliphatic carboxylic acids is 1. The molecule has 1 N–H and O–H groups in total. The normalized spacial score (nSPS) is 11.2. The number of nitrogens with zero attached hydrogens (tertiary/aromatic N) is 3. The third-order valence-corrected chi connectivity index (χ3v) is 6.87. The quantitative estimate of drug-likeness (QED) is 0.0837. The Morgan fingerprint density at radius 3 is 1.49 bits per heavy atom. The van der Waals surface area contributed by atoms with Crippen molar-refractivity contribution in [2.45, 2.75) is 25.9 Å². The summed E-state index contributed by atoms with van der Waals surface area (Å²) in [7, 11) is 0. The standard InChI is InChI=1S/C16H14O2S.C13H8N2.C3H6O2S.C2H3N/c17-15(9-10-19)18-16-13-7-3-1-5-11(13)12-6-2-4-8-14(12)16;14-15-13-11-7-3-1-5-9(11)10-6-2-4-8-12(10)13;4-3(5)1-2-6;1-2-3/h1-8,16,19H,9-10H2;1-8H;6H,1-2H2,(H,4,5);1H3. The van der Waals surface area contributed by atoms with Gasteiger partial charge in [-0.1, -0.05) is 84.9 Å². The third kappa shape index (κ3) is 8.24. The summed E-state index contributed by atoms with van der Waals surface area (Å²) >= 11 is 7.75. The van der Waals surface area contributed by atoms with Crippen molar-refractivity contribution in [2.24, 2.45) is 0 Å². The predicted molar refractivity (Wildman–Crippen MR) is 174 cm³/mol. The maximum atomic E-state index is 11.7. The number of rotatable bonds is 5. The molecule has 0 saturated heterocycles. The number of fused-ring (bicyclic) bond motifs is 6. The van der Waals surface area contributed by atoms with E-state index in [0.29, 0.717) is 23.6 Å². The molecule has 0 bridgehead atoms. The lowest BCUT2D eigenvalue weighted by Gasteiger charge is -2.14. The summed E-state index contributed by atoms with van der Waals surface area (Å²) in [6.45, 7) is 1.43. The second kappa shape index (κ2) is 16.7. The first kappa shape index (κ1) is 32.9. The van der Waals surface area contributed by atoms with Crippen LogP contribution in [-0.4, -0.2) is 39.1 Å². The smallest absolute Gasteiger partial charge is 0.330 e. The summed E-state index contributed by atoms with van der Waals surface area (Å²) < 4.78 is 5.62. The number of carboxylic acid groups (broad SMARTS) is 1. The topological polar surface area (TPSA) is 124 Å². The number of thiol groups is 2. The lowest BCUT2D eigenvalue weighted by Crippen LogP contribution is -2.10. The maximum absolute atomic E-state index is 11.7. The number of carboxylic acids is 1. The van der Waals surface area contributed by atoms with E-state index in [0.717, 1.165) is 44.5 Å². The van der Waals surface area contributed by atoms with Gasteiger partial charge in [-0.25, -0.2) is 0 Å². The Labute approximate surface area is 262 Å². The zero-order valence-electron chi connectivity index (χ0n) is 23.6. The first-order chi connectivity index (χ1) is 20.9. The minimum atomic E-state index is -0.787. The first-order valence-corrected chi connectivity index (χ1v) is 14.7. The molecule has 0 aromatic heterocycles. The molecule has 4 aromatic carbocycles. The summed E-state index contributed by atoms with van der Waals surface area (Å²) in [5.41, 5.74) is 18.4. The van der Waals surface area contributed by atoms with E-state index in [4.69, 9.17) is 20.6 Å². The predicted octanol–water partition coefficient (Wildman–Crippen LogP) is 7.27. The Bertz CT molecular complexity index is 1580. The summed E-state index contributed by atoms with van der Waals surface area (Å²) in [5.74, 6) is -0.0546. The highest BCUT2D eigenvalue weighted by molar-refractivity contribution is 7.80. The van der Waals surface area contributed by atoms with Gasteiger partial charge in [-0.05, 0) is 34.4 Å². The number of nitriles is 1. The monoisotopic (exact) mass is 609 g/mol. The van der Waals surface area contributed by atoms with E-state index >= 15 is 0 Å². The fraction of sp³-hybridized carbons (Fsp3) is 0.176. The average molecular weight is 610 g/mol. The molecule has 43 heavy (non-hydrogen) atoms. The molecule has 6 rings (SSSR count). The Kier molecular flexibility index (Phi) is 12.8. The van der Waals surface area contributed by atoms with Gasteiger partial charge in [0.25, 0.3) is 0 Å². The number of carbonyl (C=O) groups is 2. The Hall–Kier alpha value is -4.61. The molecule has 4 aromatic rings. The Morgan fingerprint density at radius 2 is 1.14 bits per heavy atom. The summed E-state index contributed by atoms with van der Waals surface area (Å²) in [5, 5.41) is 15.2. The van der Waals surface area contributed by atoms with Gasteiger partial charge in [-0.15, -0.1) is 0 Å². The van der Waals surface area contributed by atoms with Crippen LogP contribution in [0.5, 0.6) is 0 Å². The van der Waals surface area contributed by atoms with Crippen LogP contribution < -0.4 is 0 Å². The molecule has 0 saturated carbocycles. The molecular weight excluding hydrogens is 579 g/mol. The van der Waals surface area contributed by atoms with Crippen molar-refractivity contribution >= 4 is 42.9 Å². The molecule has 2 aliphatic rings. The minimum absolute atomic E-state index is 0.156. The van der Waals surface area contributed by atoms with Gasteiger partial charge in [0.05, 0.1) is 30.0 Å². The molecular formula is C34H31N3O4S2. The van der Waals surface area contributed by atoms with Crippen molar-refractivity contribution in [3.05, 3.63) is 125 Å². The largest absolute Gasteiger partial charge is 0.481 e. The fourth-order valence-corrected chi connectivity index (χ4v) is 5.09. The van der Waals surface area contributed by atoms with Crippen LogP contribution in [0.4, 0.5) is 0 Å². The number of hydrogen-bond donors (Lipinski definition) is 3. The summed E-state index contributed by atoms with van der Waals surface area (Å²) in [4.78, 5) is 24.7. The lowest BCUT2D eigenvalue weighted by atomic mass is 10.1. The Balaban J connectivity index is 0.000000188. The van der Waals surface area contributed by atoms with Gasteiger partial charge in [0.1, 0.15) is 0 Å². The molecule has 0 atom stereocenters. The van der Waals surface area contributed by atoms with E-state index in [9.17, 15) is 9.59 Å². The van der Waals surface area contributed by atoms with Gasteiger partial charge >= 0.3 is 17.7 Å². The van der Waals surface area contributed by atoms with Crippen LogP contribution in [0.2, 0.25) is 0 Å². The van der Waals surface area contributed by atoms with Gasteiger partial charge in [0.15, 0.2) is 6.10 Å². The second-order valence-corrected chi connectivity index (χ2v) is 10.0. The highest BCUT2D eigenvalue weighted by Crippen LogP contribution is 2.45. The fourth-order valence-electron chi connectivity index (χ4n) is 4.72. The highest BCUT2D eigenvalue weighted by Gasteiger charge is 2.31. The van der Waals surface area contributed by atoms with E-state index in [1.165, 1.54) is 6.92 Å². The van der Waals surface area contributed by atoms with Crippen LogP contribution in [-0.2, 0) is 14.3 Å². The van der Waals surface area contributed by atoms with Crippen molar-refractivity contribution in [3.8, 4) is 28.3 Å². The van der Waals surface area contributed by atoms with Crippen molar-refractivity contribution in [2.75, 3.05) is 11.5 Å². The van der Waals surface area contributed by atoms with Crippen LogP contribution in [0, 0.1) is 11.3 Å². The Morgan fingerprint density at radius 1 is 0.767 bits per heavy atom.